The van der Waals surface area contributed by atoms with E-state index in [-0.39, 0.29) is 12.0 Å². The van der Waals surface area contributed by atoms with E-state index in [0.717, 1.165) is 19.4 Å². The fourth-order valence-corrected chi connectivity index (χ4v) is 2.01. The van der Waals surface area contributed by atoms with E-state index < -0.39 is 0 Å². The Hall–Kier alpha value is -0.610. The Morgan fingerprint density at radius 2 is 2.33 bits per heavy atom. The third-order valence-electron chi connectivity index (χ3n) is 3.11. The average molecular weight is 214 g/mol. The van der Waals surface area contributed by atoms with Crippen molar-refractivity contribution < 1.29 is 9.53 Å². The molecule has 0 saturated heterocycles. The summed E-state index contributed by atoms with van der Waals surface area (Å²) in [7, 11) is 1.54. The second-order valence-electron chi connectivity index (χ2n) is 4.42. The van der Waals surface area contributed by atoms with E-state index in [4.69, 9.17) is 10.5 Å². The lowest BCUT2D eigenvalue weighted by Crippen LogP contribution is -2.39. The molecule has 1 amide bonds. The second kappa shape index (κ2) is 6.08. The van der Waals surface area contributed by atoms with Crippen LogP contribution in [-0.4, -0.2) is 31.7 Å². The minimum atomic E-state index is -0.359. The molecule has 4 nitrogen and oxygen atoms in total. The third kappa shape index (κ3) is 4.18. The first kappa shape index (κ1) is 12.5. The van der Waals surface area contributed by atoms with Crippen LogP contribution in [0.4, 0.5) is 0 Å². The van der Waals surface area contributed by atoms with Crippen molar-refractivity contribution in [2.75, 3.05) is 13.7 Å². The molecule has 1 aliphatic rings. The van der Waals surface area contributed by atoms with Gasteiger partial charge in [0.2, 0.25) is 5.91 Å². The van der Waals surface area contributed by atoms with Crippen molar-refractivity contribution in [3.63, 3.8) is 0 Å². The Balaban J connectivity index is 2.21. The number of rotatable bonds is 4. The topological polar surface area (TPSA) is 64.3 Å². The van der Waals surface area contributed by atoms with Gasteiger partial charge in [-0.1, -0.05) is 6.42 Å². The molecule has 1 saturated carbocycles. The molecule has 0 heterocycles. The number of nitrogens with one attached hydrogen (secondary N) is 1. The molecule has 0 spiro atoms. The number of carbonyl (C=O) groups excluding carboxylic acids is 1. The zero-order valence-corrected chi connectivity index (χ0v) is 9.66. The van der Waals surface area contributed by atoms with E-state index in [1.54, 1.807) is 14.0 Å². The molecular formula is C11H22N2O2. The van der Waals surface area contributed by atoms with Crippen LogP contribution in [0.5, 0.6) is 0 Å². The number of amides is 1. The Labute approximate surface area is 91.5 Å². The zero-order valence-electron chi connectivity index (χ0n) is 9.66. The van der Waals surface area contributed by atoms with Crippen LogP contribution in [-0.2, 0) is 9.53 Å². The van der Waals surface area contributed by atoms with Gasteiger partial charge in [0.05, 0.1) is 0 Å². The van der Waals surface area contributed by atoms with Crippen molar-refractivity contribution in [2.24, 2.45) is 11.7 Å². The van der Waals surface area contributed by atoms with Gasteiger partial charge in [-0.25, -0.2) is 0 Å². The fourth-order valence-electron chi connectivity index (χ4n) is 2.01. The summed E-state index contributed by atoms with van der Waals surface area (Å²) in [4.78, 5) is 11.4. The van der Waals surface area contributed by atoms with Gasteiger partial charge in [0.25, 0.3) is 0 Å². The lowest BCUT2D eigenvalue weighted by molar-refractivity contribution is -0.130. The van der Waals surface area contributed by atoms with Crippen LogP contribution in [0.25, 0.3) is 0 Å². The average Bonchev–Trinajstić information content (AvgIpc) is 2.25. The normalized spacial score (nSPS) is 28.5. The van der Waals surface area contributed by atoms with Gasteiger partial charge in [0.15, 0.2) is 0 Å². The van der Waals surface area contributed by atoms with Crippen molar-refractivity contribution in [1.82, 2.24) is 5.32 Å². The van der Waals surface area contributed by atoms with E-state index in [1.165, 1.54) is 12.8 Å². The van der Waals surface area contributed by atoms with E-state index in [9.17, 15) is 4.79 Å². The lowest BCUT2D eigenvalue weighted by atomic mass is 9.86. The first-order valence-electron chi connectivity index (χ1n) is 5.69. The van der Waals surface area contributed by atoms with Gasteiger partial charge in [-0.05, 0) is 32.1 Å². The summed E-state index contributed by atoms with van der Waals surface area (Å²) in [5, 5.41) is 2.90. The summed E-state index contributed by atoms with van der Waals surface area (Å²) in [6.07, 6.45) is 4.15. The minimum absolute atomic E-state index is 0.0309. The molecule has 15 heavy (non-hydrogen) atoms. The molecule has 0 aliphatic heterocycles. The Kier molecular flexibility index (Phi) is 5.05. The van der Waals surface area contributed by atoms with E-state index in [1.807, 2.05) is 0 Å². The summed E-state index contributed by atoms with van der Waals surface area (Å²) < 4.78 is 4.94. The summed E-state index contributed by atoms with van der Waals surface area (Å²) in [5.41, 5.74) is 5.88. The highest BCUT2D eigenvalue weighted by molar-refractivity contribution is 5.80. The molecule has 3 unspecified atom stereocenters. The summed E-state index contributed by atoms with van der Waals surface area (Å²) in [5.74, 6) is 0.512. The van der Waals surface area contributed by atoms with Crippen molar-refractivity contribution in [3.05, 3.63) is 0 Å². The molecule has 1 fully saturated rings. The van der Waals surface area contributed by atoms with Crippen molar-refractivity contribution in [3.8, 4) is 0 Å². The maximum atomic E-state index is 11.4. The van der Waals surface area contributed by atoms with Crippen LogP contribution in [0.1, 0.15) is 32.6 Å². The molecule has 0 aromatic rings. The van der Waals surface area contributed by atoms with Gasteiger partial charge < -0.3 is 15.8 Å². The maximum Gasteiger partial charge on any atom is 0.248 e. The SMILES string of the molecule is COC(C)C(=O)NCC1CCCC(N)C1. The van der Waals surface area contributed by atoms with Gasteiger partial charge in [0, 0.05) is 19.7 Å². The molecule has 4 heteroatoms. The number of hydrogen-bond donors (Lipinski definition) is 2. The van der Waals surface area contributed by atoms with Gasteiger partial charge in [-0.15, -0.1) is 0 Å². The number of methoxy groups -OCH3 is 1. The minimum Gasteiger partial charge on any atom is -0.372 e. The Bertz CT molecular complexity index is 209. The molecular weight excluding hydrogens is 192 g/mol. The summed E-state index contributed by atoms with van der Waals surface area (Å²) >= 11 is 0. The van der Waals surface area contributed by atoms with Crippen molar-refractivity contribution >= 4 is 5.91 Å². The Morgan fingerprint density at radius 3 is 2.93 bits per heavy atom. The number of nitrogens with two attached hydrogens (primary N) is 1. The zero-order chi connectivity index (χ0) is 11.3. The molecule has 88 valence electrons. The molecule has 3 N–H and O–H groups in total. The van der Waals surface area contributed by atoms with Crippen molar-refractivity contribution in [1.29, 1.82) is 0 Å². The molecule has 1 rings (SSSR count). The van der Waals surface area contributed by atoms with E-state index in [0.29, 0.717) is 12.0 Å². The first-order valence-corrected chi connectivity index (χ1v) is 5.69. The molecule has 0 aromatic heterocycles. The second-order valence-corrected chi connectivity index (χ2v) is 4.42. The van der Waals surface area contributed by atoms with Gasteiger partial charge in [-0.2, -0.15) is 0 Å². The number of ether oxygens (including phenoxy) is 1. The highest BCUT2D eigenvalue weighted by atomic mass is 16.5. The summed E-state index contributed by atoms with van der Waals surface area (Å²) in [6.45, 7) is 2.49. The first-order chi connectivity index (χ1) is 7.13. The molecule has 0 radical (unpaired) electrons. The molecule has 3 atom stereocenters. The predicted octanol–water partition coefficient (Wildman–Crippen LogP) is 0.655. The third-order valence-corrected chi connectivity index (χ3v) is 3.11. The van der Waals surface area contributed by atoms with Crippen molar-refractivity contribution in [2.45, 2.75) is 44.8 Å². The van der Waals surface area contributed by atoms with Crippen LogP contribution in [0.2, 0.25) is 0 Å². The van der Waals surface area contributed by atoms with E-state index in [2.05, 4.69) is 5.32 Å². The van der Waals surface area contributed by atoms with Gasteiger partial charge in [-0.3, -0.25) is 4.79 Å². The predicted molar refractivity (Wildman–Crippen MR) is 59.4 cm³/mol. The summed E-state index contributed by atoms with van der Waals surface area (Å²) in [6, 6.07) is 0.320. The molecule has 0 bridgehead atoms. The highest BCUT2D eigenvalue weighted by Gasteiger charge is 2.20. The highest BCUT2D eigenvalue weighted by Crippen LogP contribution is 2.22. The van der Waals surface area contributed by atoms with Crippen LogP contribution >= 0.6 is 0 Å². The quantitative estimate of drug-likeness (QED) is 0.722. The van der Waals surface area contributed by atoms with Crippen LogP contribution in [0.15, 0.2) is 0 Å². The number of carbonyl (C=O) groups is 1. The van der Waals surface area contributed by atoms with Gasteiger partial charge >= 0.3 is 0 Å². The largest absolute Gasteiger partial charge is 0.372 e. The molecule has 1 aliphatic carbocycles. The fraction of sp³-hybridized carbons (Fsp3) is 0.909. The number of hydrogen-bond acceptors (Lipinski definition) is 3. The lowest BCUT2D eigenvalue weighted by Gasteiger charge is -2.27. The van der Waals surface area contributed by atoms with Crippen LogP contribution in [0.3, 0.4) is 0 Å². The van der Waals surface area contributed by atoms with Crippen LogP contribution in [0, 0.1) is 5.92 Å². The standard InChI is InChI=1S/C11H22N2O2/c1-8(15-2)11(14)13-7-9-4-3-5-10(12)6-9/h8-10H,3-7,12H2,1-2H3,(H,13,14). The van der Waals surface area contributed by atoms with Gasteiger partial charge in [0.1, 0.15) is 6.10 Å². The monoisotopic (exact) mass is 214 g/mol. The Morgan fingerprint density at radius 1 is 1.60 bits per heavy atom. The van der Waals surface area contributed by atoms with Crippen LogP contribution < -0.4 is 11.1 Å². The van der Waals surface area contributed by atoms with E-state index >= 15 is 0 Å². The molecule has 0 aromatic carbocycles. The maximum absolute atomic E-state index is 11.4. The smallest absolute Gasteiger partial charge is 0.248 e.